The first kappa shape index (κ1) is 11.6. The lowest BCUT2D eigenvalue weighted by atomic mass is 10.1. The summed E-state index contributed by atoms with van der Waals surface area (Å²) in [7, 11) is 0. The number of hydrogen-bond acceptors (Lipinski definition) is 3. The zero-order valence-corrected chi connectivity index (χ0v) is 10.5. The molecule has 0 saturated carbocycles. The summed E-state index contributed by atoms with van der Waals surface area (Å²) in [6, 6.07) is 0. The Bertz CT molecular complexity index is 380. The molecular formula is C12H17NO2S. The molecule has 1 aromatic rings. The number of amides is 1. The predicted octanol–water partition coefficient (Wildman–Crippen LogP) is 2.16. The van der Waals surface area contributed by atoms with Crippen LogP contribution in [0, 0.1) is 13.8 Å². The van der Waals surface area contributed by atoms with Crippen LogP contribution in [-0.2, 0) is 16.1 Å². The molecule has 1 aromatic heterocycles. The molecule has 1 aliphatic rings. The Morgan fingerprint density at radius 3 is 3.00 bits per heavy atom. The van der Waals surface area contributed by atoms with Crippen LogP contribution in [0.25, 0.3) is 0 Å². The van der Waals surface area contributed by atoms with Crippen LogP contribution in [0.3, 0.4) is 0 Å². The Morgan fingerprint density at radius 1 is 1.62 bits per heavy atom. The van der Waals surface area contributed by atoms with E-state index >= 15 is 0 Å². The Labute approximate surface area is 99.8 Å². The average molecular weight is 239 g/mol. The van der Waals surface area contributed by atoms with E-state index in [0.717, 1.165) is 12.8 Å². The number of hydrogen-bond donors (Lipinski definition) is 1. The Hall–Kier alpha value is -0.870. The van der Waals surface area contributed by atoms with Gasteiger partial charge in [-0.15, -0.1) is 11.3 Å². The summed E-state index contributed by atoms with van der Waals surface area (Å²) in [6.07, 6.45) is 1.63. The highest BCUT2D eigenvalue weighted by Gasteiger charge is 2.23. The van der Waals surface area contributed by atoms with Gasteiger partial charge in [-0.3, -0.25) is 4.79 Å². The van der Waals surface area contributed by atoms with Crippen molar-refractivity contribution in [3.8, 4) is 0 Å². The van der Waals surface area contributed by atoms with Crippen LogP contribution < -0.4 is 5.32 Å². The SMILES string of the molecule is Cc1scc(CNC(=O)C2CCCO2)c1C. The lowest BCUT2D eigenvalue weighted by Crippen LogP contribution is -2.33. The van der Waals surface area contributed by atoms with Gasteiger partial charge in [0.15, 0.2) is 0 Å². The van der Waals surface area contributed by atoms with Gasteiger partial charge in [-0.2, -0.15) is 0 Å². The van der Waals surface area contributed by atoms with Gasteiger partial charge >= 0.3 is 0 Å². The van der Waals surface area contributed by atoms with Crippen LogP contribution in [0.15, 0.2) is 5.38 Å². The predicted molar refractivity (Wildman–Crippen MR) is 64.6 cm³/mol. The zero-order chi connectivity index (χ0) is 11.5. The van der Waals surface area contributed by atoms with Crippen LogP contribution >= 0.6 is 11.3 Å². The van der Waals surface area contributed by atoms with Crippen molar-refractivity contribution < 1.29 is 9.53 Å². The van der Waals surface area contributed by atoms with Gasteiger partial charge < -0.3 is 10.1 Å². The van der Waals surface area contributed by atoms with Gasteiger partial charge in [0.25, 0.3) is 0 Å². The third-order valence-corrected chi connectivity index (χ3v) is 4.13. The minimum Gasteiger partial charge on any atom is -0.368 e. The highest BCUT2D eigenvalue weighted by molar-refractivity contribution is 7.10. The molecule has 1 saturated heterocycles. The molecule has 0 spiro atoms. The average Bonchev–Trinajstić information content (AvgIpc) is 2.89. The summed E-state index contributed by atoms with van der Waals surface area (Å²) >= 11 is 1.73. The van der Waals surface area contributed by atoms with Crippen molar-refractivity contribution in [3.05, 3.63) is 21.4 Å². The number of ether oxygens (including phenoxy) is 1. The number of carbonyl (C=O) groups is 1. The van der Waals surface area contributed by atoms with E-state index in [9.17, 15) is 4.79 Å². The molecule has 1 atom stereocenters. The molecule has 0 aliphatic carbocycles. The topological polar surface area (TPSA) is 38.3 Å². The second-order valence-corrected chi connectivity index (χ2v) is 5.25. The van der Waals surface area contributed by atoms with Crippen molar-refractivity contribution in [1.82, 2.24) is 5.32 Å². The lowest BCUT2D eigenvalue weighted by Gasteiger charge is -2.10. The molecule has 1 fully saturated rings. The molecule has 4 heteroatoms. The van der Waals surface area contributed by atoms with Crippen LogP contribution in [0.1, 0.15) is 28.8 Å². The highest BCUT2D eigenvalue weighted by atomic mass is 32.1. The fraction of sp³-hybridized carbons (Fsp3) is 0.583. The van der Waals surface area contributed by atoms with E-state index in [1.54, 1.807) is 11.3 Å². The minimum absolute atomic E-state index is 0.0285. The second-order valence-electron chi connectivity index (χ2n) is 4.16. The monoisotopic (exact) mass is 239 g/mol. The highest BCUT2D eigenvalue weighted by Crippen LogP contribution is 2.20. The third-order valence-electron chi connectivity index (χ3n) is 3.06. The van der Waals surface area contributed by atoms with Crippen LogP contribution in [0.2, 0.25) is 0 Å². The maximum atomic E-state index is 11.7. The van der Waals surface area contributed by atoms with Crippen molar-refractivity contribution in [2.75, 3.05) is 6.61 Å². The van der Waals surface area contributed by atoms with Gasteiger partial charge in [-0.1, -0.05) is 0 Å². The molecule has 1 aliphatic heterocycles. The van der Waals surface area contributed by atoms with Crippen molar-refractivity contribution in [1.29, 1.82) is 0 Å². The van der Waals surface area contributed by atoms with E-state index in [1.807, 2.05) is 0 Å². The van der Waals surface area contributed by atoms with E-state index in [-0.39, 0.29) is 12.0 Å². The largest absolute Gasteiger partial charge is 0.368 e. The summed E-state index contributed by atoms with van der Waals surface area (Å²) in [4.78, 5) is 13.0. The number of nitrogens with one attached hydrogen (secondary N) is 1. The molecular weight excluding hydrogens is 222 g/mol. The summed E-state index contributed by atoms with van der Waals surface area (Å²) in [5, 5.41) is 5.05. The molecule has 0 aromatic carbocycles. The van der Waals surface area contributed by atoms with Crippen molar-refractivity contribution in [2.45, 2.75) is 39.3 Å². The van der Waals surface area contributed by atoms with Crippen molar-refractivity contribution in [2.24, 2.45) is 0 Å². The van der Waals surface area contributed by atoms with Gasteiger partial charge in [-0.05, 0) is 43.2 Å². The third kappa shape index (κ3) is 2.44. The molecule has 2 rings (SSSR count). The van der Waals surface area contributed by atoms with Crippen LogP contribution in [0.5, 0.6) is 0 Å². The molecule has 1 unspecified atom stereocenters. The van der Waals surface area contributed by atoms with E-state index in [1.165, 1.54) is 16.0 Å². The lowest BCUT2D eigenvalue weighted by molar-refractivity contribution is -0.130. The molecule has 2 heterocycles. The second kappa shape index (κ2) is 4.97. The van der Waals surface area contributed by atoms with E-state index in [2.05, 4.69) is 24.5 Å². The van der Waals surface area contributed by atoms with Gasteiger partial charge in [-0.25, -0.2) is 0 Å². The molecule has 1 amide bonds. The van der Waals surface area contributed by atoms with Gasteiger partial charge in [0.2, 0.25) is 5.91 Å². The Kier molecular flexibility index (Phi) is 3.61. The molecule has 88 valence electrons. The summed E-state index contributed by atoms with van der Waals surface area (Å²) in [6.45, 7) is 5.54. The van der Waals surface area contributed by atoms with Gasteiger partial charge in [0, 0.05) is 18.0 Å². The number of rotatable bonds is 3. The number of thiophene rings is 1. The quantitative estimate of drug-likeness (QED) is 0.877. The summed E-state index contributed by atoms with van der Waals surface area (Å²) < 4.78 is 5.33. The smallest absolute Gasteiger partial charge is 0.249 e. The van der Waals surface area contributed by atoms with E-state index in [0.29, 0.717) is 13.2 Å². The first-order valence-corrected chi connectivity index (χ1v) is 6.49. The standard InChI is InChI=1S/C12H17NO2S/c1-8-9(2)16-7-10(8)6-13-12(14)11-4-3-5-15-11/h7,11H,3-6H2,1-2H3,(H,13,14). The maximum Gasteiger partial charge on any atom is 0.249 e. The van der Waals surface area contributed by atoms with E-state index < -0.39 is 0 Å². The first-order valence-electron chi connectivity index (χ1n) is 5.61. The van der Waals surface area contributed by atoms with Crippen LogP contribution in [-0.4, -0.2) is 18.6 Å². The fourth-order valence-electron chi connectivity index (χ4n) is 1.82. The molecule has 0 radical (unpaired) electrons. The van der Waals surface area contributed by atoms with E-state index in [4.69, 9.17) is 4.74 Å². The van der Waals surface area contributed by atoms with Crippen molar-refractivity contribution in [3.63, 3.8) is 0 Å². The molecule has 1 N–H and O–H groups in total. The Balaban J connectivity index is 1.87. The zero-order valence-electron chi connectivity index (χ0n) is 9.71. The number of aryl methyl sites for hydroxylation is 1. The summed E-state index contributed by atoms with van der Waals surface area (Å²) in [5.41, 5.74) is 2.51. The normalized spacial score (nSPS) is 20.0. The minimum atomic E-state index is -0.222. The van der Waals surface area contributed by atoms with Crippen LogP contribution in [0.4, 0.5) is 0 Å². The Morgan fingerprint density at radius 2 is 2.44 bits per heavy atom. The maximum absolute atomic E-state index is 11.7. The van der Waals surface area contributed by atoms with Gasteiger partial charge in [0.05, 0.1) is 0 Å². The molecule has 0 bridgehead atoms. The van der Waals surface area contributed by atoms with Crippen molar-refractivity contribution >= 4 is 17.2 Å². The first-order chi connectivity index (χ1) is 7.68. The van der Waals surface area contributed by atoms with Gasteiger partial charge in [0.1, 0.15) is 6.10 Å². The molecule has 3 nitrogen and oxygen atoms in total. The number of carbonyl (C=O) groups excluding carboxylic acids is 1. The summed E-state index contributed by atoms with van der Waals surface area (Å²) in [5.74, 6) is 0.0285. The molecule has 16 heavy (non-hydrogen) atoms. The fourth-order valence-corrected chi connectivity index (χ4v) is 2.70.